The van der Waals surface area contributed by atoms with Crippen LogP contribution in [0.25, 0.3) is 11.0 Å². The molecule has 0 aliphatic carbocycles. The van der Waals surface area contributed by atoms with Gasteiger partial charge in [0.25, 0.3) is 5.91 Å². The fourth-order valence-electron chi connectivity index (χ4n) is 3.54. The molecule has 1 aliphatic heterocycles. The van der Waals surface area contributed by atoms with Gasteiger partial charge in [-0.1, -0.05) is 0 Å². The lowest BCUT2D eigenvalue weighted by Crippen LogP contribution is -2.40. The van der Waals surface area contributed by atoms with E-state index in [1.165, 1.54) is 7.11 Å². The third-order valence-electron chi connectivity index (χ3n) is 4.93. The summed E-state index contributed by atoms with van der Waals surface area (Å²) in [6, 6.07) is 1.87. The molecule has 1 atom stereocenters. The minimum Gasteiger partial charge on any atom is -0.481 e. The van der Waals surface area contributed by atoms with E-state index in [1.54, 1.807) is 21.8 Å². The molecule has 2 aromatic heterocycles. The lowest BCUT2D eigenvalue weighted by atomic mass is 9.88. The number of fused-ring (bicyclic) bond motifs is 1. The Morgan fingerprint density at radius 1 is 1.42 bits per heavy atom. The third-order valence-corrected chi connectivity index (χ3v) is 4.93. The van der Waals surface area contributed by atoms with Crippen LogP contribution in [-0.2, 0) is 9.53 Å². The van der Waals surface area contributed by atoms with E-state index in [0.29, 0.717) is 29.6 Å². The van der Waals surface area contributed by atoms with Crippen molar-refractivity contribution in [1.82, 2.24) is 19.7 Å². The van der Waals surface area contributed by atoms with Crippen LogP contribution < -0.4 is 0 Å². The predicted octanol–water partition coefficient (Wildman–Crippen LogP) is 1.88. The molecular formula is C18H24N4O4. The molecule has 1 fully saturated rings. The molecule has 1 amide bonds. The van der Waals surface area contributed by atoms with Crippen molar-refractivity contribution in [3.63, 3.8) is 0 Å². The van der Waals surface area contributed by atoms with Gasteiger partial charge in [-0.3, -0.25) is 9.59 Å². The second-order valence-corrected chi connectivity index (χ2v) is 7.23. The number of carboxylic acid groups (broad SMARTS) is 1. The zero-order chi connectivity index (χ0) is 19.1. The first-order valence-electron chi connectivity index (χ1n) is 8.65. The van der Waals surface area contributed by atoms with E-state index < -0.39 is 11.4 Å². The summed E-state index contributed by atoms with van der Waals surface area (Å²) in [5, 5.41) is 14.7. The van der Waals surface area contributed by atoms with E-state index in [0.717, 1.165) is 5.69 Å². The van der Waals surface area contributed by atoms with Crippen LogP contribution in [0.2, 0.25) is 0 Å². The number of pyridine rings is 1. The molecule has 1 aliphatic rings. The van der Waals surface area contributed by atoms with Crippen LogP contribution in [0.15, 0.2) is 12.3 Å². The molecule has 0 spiro atoms. The van der Waals surface area contributed by atoms with Crippen molar-refractivity contribution in [2.75, 3.05) is 26.8 Å². The molecule has 3 heterocycles. The number of aliphatic carboxylic acids is 1. The molecule has 0 aromatic carbocycles. The topological polar surface area (TPSA) is 97.6 Å². The fourth-order valence-corrected chi connectivity index (χ4v) is 3.54. The Kier molecular flexibility index (Phi) is 4.70. The van der Waals surface area contributed by atoms with Gasteiger partial charge in [-0.05, 0) is 33.3 Å². The number of likely N-dealkylation sites (tertiary alicyclic amines) is 1. The number of nitrogens with zero attached hydrogens (tertiary/aromatic N) is 4. The number of aryl methyl sites for hydroxylation is 1. The SMILES string of the molecule is COCC1(C(=O)O)CCN(C(=O)c2cc(C)nc3c2cnn3C(C)C)C1. The van der Waals surface area contributed by atoms with Gasteiger partial charge in [0.1, 0.15) is 5.41 Å². The number of hydrogen-bond acceptors (Lipinski definition) is 5. The van der Waals surface area contributed by atoms with Gasteiger partial charge in [-0.25, -0.2) is 9.67 Å². The standard InChI is InChI=1S/C18H24N4O4/c1-11(2)22-15-14(8-19-22)13(7-12(3)20-15)16(23)21-6-5-18(9-21,10-26-4)17(24)25/h7-8,11H,5-6,9-10H2,1-4H3,(H,24,25). The summed E-state index contributed by atoms with van der Waals surface area (Å²) in [5.74, 6) is -1.12. The summed E-state index contributed by atoms with van der Waals surface area (Å²) >= 11 is 0. The summed E-state index contributed by atoms with van der Waals surface area (Å²) in [6.07, 6.45) is 2.03. The molecule has 8 nitrogen and oxygen atoms in total. The highest BCUT2D eigenvalue weighted by Gasteiger charge is 2.46. The first-order valence-corrected chi connectivity index (χ1v) is 8.65. The minimum atomic E-state index is -1.05. The lowest BCUT2D eigenvalue weighted by molar-refractivity contribution is -0.151. The van der Waals surface area contributed by atoms with Crippen LogP contribution in [0.4, 0.5) is 0 Å². The van der Waals surface area contributed by atoms with Gasteiger partial charge in [0, 0.05) is 31.9 Å². The smallest absolute Gasteiger partial charge is 0.313 e. The Hall–Kier alpha value is -2.48. The molecule has 1 unspecified atom stereocenters. The molecule has 1 saturated heterocycles. The quantitative estimate of drug-likeness (QED) is 0.874. The molecule has 0 saturated carbocycles. The Morgan fingerprint density at radius 3 is 2.77 bits per heavy atom. The highest BCUT2D eigenvalue weighted by molar-refractivity contribution is 6.05. The molecule has 2 aromatic rings. The third kappa shape index (κ3) is 2.94. The van der Waals surface area contributed by atoms with Crippen LogP contribution in [-0.4, -0.2) is 63.5 Å². The van der Waals surface area contributed by atoms with Gasteiger partial charge in [0.2, 0.25) is 0 Å². The fraction of sp³-hybridized carbons (Fsp3) is 0.556. The van der Waals surface area contributed by atoms with Crippen molar-refractivity contribution in [3.8, 4) is 0 Å². The number of carbonyl (C=O) groups is 2. The first-order chi connectivity index (χ1) is 12.3. The van der Waals surface area contributed by atoms with Crippen molar-refractivity contribution in [3.05, 3.63) is 23.5 Å². The Morgan fingerprint density at radius 2 is 2.15 bits per heavy atom. The number of aromatic nitrogens is 3. The van der Waals surface area contributed by atoms with Gasteiger partial charge in [-0.2, -0.15) is 5.10 Å². The molecule has 3 rings (SSSR count). The number of methoxy groups -OCH3 is 1. The number of carboxylic acids is 1. The largest absolute Gasteiger partial charge is 0.481 e. The summed E-state index contributed by atoms with van der Waals surface area (Å²) in [5.41, 5.74) is 0.860. The summed E-state index contributed by atoms with van der Waals surface area (Å²) < 4.78 is 6.89. The summed E-state index contributed by atoms with van der Waals surface area (Å²) in [6.45, 7) is 6.45. The average molecular weight is 360 g/mol. The molecule has 0 bridgehead atoms. The van der Waals surface area contributed by atoms with Crippen molar-refractivity contribution >= 4 is 22.9 Å². The zero-order valence-electron chi connectivity index (χ0n) is 15.5. The summed E-state index contributed by atoms with van der Waals surface area (Å²) in [4.78, 5) is 31.0. The molecule has 8 heteroatoms. The first kappa shape index (κ1) is 18.3. The maximum absolute atomic E-state index is 13.1. The predicted molar refractivity (Wildman–Crippen MR) is 95.1 cm³/mol. The van der Waals surface area contributed by atoms with E-state index in [1.807, 2.05) is 20.8 Å². The number of carbonyl (C=O) groups excluding carboxylic acids is 1. The number of hydrogen-bond donors (Lipinski definition) is 1. The monoisotopic (exact) mass is 360 g/mol. The minimum absolute atomic E-state index is 0.0855. The van der Waals surface area contributed by atoms with E-state index in [9.17, 15) is 14.7 Å². The number of ether oxygens (including phenoxy) is 1. The maximum atomic E-state index is 13.1. The highest BCUT2D eigenvalue weighted by atomic mass is 16.5. The van der Waals surface area contributed by atoms with Gasteiger partial charge in [-0.15, -0.1) is 0 Å². The zero-order valence-corrected chi connectivity index (χ0v) is 15.5. The second kappa shape index (κ2) is 6.68. The van der Waals surface area contributed by atoms with Crippen LogP contribution in [0, 0.1) is 12.3 Å². The van der Waals surface area contributed by atoms with Crippen LogP contribution >= 0.6 is 0 Å². The molecule has 26 heavy (non-hydrogen) atoms. The van der Waals surface area contributed by atoms with Crippen LogP contribution in [0.5, 0.6) is 0 Å². The van der Waals surface area contributed by atoms with Crippen molar-refractivity contribution in [2.45, 2.75) is 33.2 Å². The molecule has 1 N–H and O–H groups in total. The Bertz CT molecular complexity index is 860. The van der Waals surface area contributed by atoms with Crippen molar-refractivity contribution in [1.29, 1.82) is 0 Å². The second-order valence-electron chi connectivity index (χ2n) is 7.23. The molecular weight excluding hydrogens is 336 g/mol. The number of rotatable bonds is 5. The van der Waals surface area contributed by atoms with Crippen molar-refractivity contribution < 1.29 is 19.4 Å². The van der Waals surface area contributed by atoms with Gasteiger partial charge < -0.3 is 14.7 Å². The van der Waals surface area contributed by atoms with E-state index >= 15 is 0 Å². The van der Waals surface area contributed by atoms with Crippen molar-refractivity contribution in [2.24, 2.45) is 5.41 Å². The lowest BCUT2D eigenvalue weighted by Gasteiger charge is -2.24. The van der Waals surface area contributed by atoms with E-state index in [2.05, 4.69) is 10.1 Å². The number of amides is 1. The Balaban J connectivity index is 1.97. The van der Waals surface area contributed by atoms with Gasteiger partial charge >= 0.3 is 5.97 Å². The Labute approximate surface area is 151 Å². The van der Waals surface area contributed by atoms with Gasteiger partial charge in [0.05, 0.1) is 23.8 Å². The van der Waals surface area contributed by atoms with Crippen LogP contribution in [0.3, 0.4) is 0 Å². The van der Waals surface area contributed by atoms with E-state index in [4.69, 9.17) is 4.74 Å². The average Bonchev–Trinajstić information content (AvgIpc) is 3.19. The normalized spacial score (nSPS) is 20.3. The van der Waals surface area contributed by atoms with Crippen LogP contribution in [0.1, 0.15) is 42.4 Å². The highest BCUT2D eigenvalue weighted by Crippen LogP contribution is 2.33. The molecule has 0 radical (unpaired) electrons. The summed E-state index contributed by atoms with van der Waals surface area (Å²) in [7, 11) is 1.48. The molecule has 140 valence electrons. The maximum Gasteiger partial charge on any atom is 0.313 e. The van der Waals surface area contributed by atoms with Gasteiger partial charge in [0.15, 0.2) is 5.65 Å². The van der Waals surface area contributed by atoms with E-state index in [-0.39, 0.29) is 25.1 Å².